The van der Waals surface area contributed by atoms with Crippen molar-refractivity contribution in [2.24, 2.45) is 11.8 Å². The summed E-state index contributed by atoms with van der Waals surface area (Å²) < 4.78 is 24.6. The van der Waals surface area contributed by atoms with Crippen LogP contribution in [0.1, 0.15) is 108 Å². The van der Waals surface area contributed by atoms with E-state index in [0.717, 1.165) is 42.4 Å². The zero-order chi connectivity index (χ0) is 37.9. The molecule has 2 fully saturated rings. The molecule has 12 heteroatoms. The molecule has 1 aliphatic carbocycles. The average molecular weight is 745 g/mol. The maximum atomic E-state index is 14.3. The molecular formula is C39H60N4O6S2. The van der Waals surface area contributed by atoms with E-state index in [-0.39, 0.29) is 24.3 Å². The highest BCUT2D eigenvalue weighted by Crippen LogP contribution is 2.39. The zero-order valence-electron chi connectivity index (χ0n) is 31.9. The van der Waals surface area contributed by atoms with Gasteiger partial charge in [-0.25, -0.2) is 8.42 Å². The molecule has 10 nitrogen and oxygen atoms in total. The Labute approximate surface area is 309 Å². The topological polar surface area (TPSA) is 145 Å². The van der Waals surface area contributed by atoms with Crippen LogP contribution in [-0.2, 0) is 31.3 Å². The van der Waals surface area contributed by atoms with Crippen LogP contribution >= 0.6 is 11.3 Å². The van der Waals surface area contributed by atoms with Crippen molar-refractivity contribution in [1.82, 2.24) is 20.9 Å². The lowest BCUT2D eigenvalue weighted by Gasteiger charge is -2.47. The molecule has 1 aromatic carbocycles. The number of carbonyl (C=O) groups excluding carboxylic acids is 3. The van der Waals surface area contributed by atoms with Gasteiger partial charge in [0.1, 0.15) is 6.04 Å². The number of β-amino-alcohol motifs (C(OH)–C–C–N with tert-alkyl or cyclic N) is 1. The molecular weight excluding hydrogens is 685 g/mol. The quantitative estimate of drug-likeness (QED) is 0.243. The third-order valence-electron chi connectivity index (χ3n) is 10.6. The summed E-state index contributed by atoms with van der Waals surface area (Å²) in [6.45, 7) is 15.7. The van der Waals surface area contributed by atoms with E-state index >= 15 is 0 Å². The van der Waals surface area contributed by atoms with Gasteiger partial charge in [0, 0.05) is 29.8 Å². The van der Waals surface area contributed by atoms with E-state index in [1.807, 2.05) is 77.9 Å². The summed E-state index contributed by atoms with van der Waals surface area (Å²) in [5.41, 5.74) is 0.259. The van der Waals surface area contributed by atoms with Crippen LogP contribution in [0, 0.1) is 11.8 Å². The Morgan fingerprint density at radius 2 is 1.55 bits per heavy atom. The lowest BCUT2D eigenvalue weighted by Crippen LogP contribution is -2.64. The predicted octanol–water partition coefficient (Wildman–Crippen LogP) is 4.85. The molecule has 0 radical (unpaired) electrons. The van der Waals surface area contributed by atoms with Gasteiger partial charge >= 0.3 is 0 Å². The van der Waals surface area contributed by atoms with E-state index in [4.69, 9.17) is 0 Å². The van der Waals surface area contributed by atoms with E-state index in [2.05, 4.69) is 20.9 Å². The van der Waals surface area contributed by atoms with Crippen LogP contribution in [0.3, 0.4) is 0 Å². The van der Waals surface area contributed by atoms with E-state index < -0.39 is 56.2 Å². The Balaban J connectivity index is 1.63. The molecule has 284 valence electrons. The van der Waals surface area contributed by atoms with Gasteiger partial charge in [0.05, 0.1) is 27.8 Å². The number of benzene rings is 1. The molecule has 1 aliphatic heterocycles. The molecule has 51 heavy (non-hydrogen) atoms. The summed E-state index contributed by atoms with van der Waals surface area (Å²) >= 11 is 1.30. The summed E-state index contributed by atoms with van der Waals surface area (Å²) in [4.78, 5) is 45.0. The van der Waals surface area contributed by atoms with Gasteiger partial charge < -0.3 is 21.1 Å². The van der Waals surface area contributed by atoms with Gasteiger partial charge in [-0.3, -0.25) is 19.3 Å². The number of aliphatic hydroxyl groups is 1. The first-order valence-corrected chi connectivity index (χ1v) is 21.0. The van der Waals surface area contributed by atoms with Gasteiger partial charge in [0.15, 0.2) is 9.84 Å². The molecule has 6 atom stereocenters. The summed E-state index contributed by atoms with van der Waals surface area (Å²) in [5, 5.41) is 20.8. The Bertz CT molecular complexity index is 1630. The number of nitrogens with zero attached hydrogens (tertiary/aromatic N) is 1. The summed E-state index contributed by atoms with van der Waals surface area (Å²) in [6, 6.07) is 10.3. The van der Waals surface area contributed by atoms with E-state index in [0.29, 0.717) is 29.7 Å². The first-order valence-electron chi connectivity index (χ1n) is 18.3. The third-order valence-corrected chi connectivity index (χ3v) is 14.2. The van der Waals surface area contributed by atoms with Crippen molar-refractivity contribution in [3.8, 4) is 0 Å². The molecule has 0 bridgehead atoms. The maximum Gasteiger partial charge on any atom is 0.262 e. The van der Waals surface area contributed by atoms with Crippen molar-refractivity contribution in [3.63, 3.8) is 0 Å². The highest BCUT2D eigenvalue weighted by atomic mass is 32.2. The molecule has 2 heterocycles. The van der Waals surface area contributed by atoms with Gasteiger partial charge in [-0.05, 0) is 88.8 Å². The maximum absolute atomic E-state index is 14.3. The average Bonchev–Trinajstić information content (AvgIpc) is 3.53. The van der Waals surface area contributed by atoms with Crippen molar-refractivity contribution in [1.29, 1.82) is 0 Å². The first-order chi connectivity index (χ1) is 23.6. The van der Waals surface area contributed by atoms with Crippen molar-refractivity contribution in [2.75, 3.05) is 19.3 Å². The minimum atomic E-state index is -3.86. The van der Waals surface area contributed by atoms with Crippen LogP contribution < -0.4 is 16.0 Å². The number of thiophene rings is 1. The number of rotatable bonds is 12. The SMILES string of the molecule is CC(C)(C)NC(=O)C1CC2CCCCC2CN1CC(O)C(Cc1ccccc1)NC(=O)C(NC(=O)c1ccc(C(C)(C)C)s1)C(C)(C)S(C)(=O)=O. The van der Waals surface area contributed by atoms with E-state index in [1.54, 1.807) is 6.07 Å². The van der Waals surface area contributed by atoms with Crippen LogP contribution in [0.2, 0.25) is 0 Å². The molecule has 2 aliphatic rings. The molecule has 3 amide bonds. The Hall–Kier alpha value is -2.80. The zero-order valence-corrected chi connectivity index (χ0v) is 33.5. The van der Waals surface area contributed by atoms with Crippen LogP contribution in [0.15, 0.2) is 42.5 Å². The molecule has 2 aromatic rings. The molecule has 1 saturated heterocycles. The van der Waals surface area contributed by atoms with Crippen molar-refractivity contribution >= 4 is 38.9 Å². The molecule has 0 spiro atoms. The molecule has 6 unspecified atom stereocenters. The van der Waals surface area contributed by atoms with E-state index in [9.17, 15) is 27.9 Å². The second-order valence-electron chi connectivity index (χ2n) is 17.3. The Kier molecular flexibility index (Phi) is 12.9. The fourth-order valence-corrected chi connectivity index (χ4v) is 8.81. The normalized spacial score (nSPS) is 22.3. The number of fused-ring (bicyclic) bond motifs is 1. The molecule has 1 aromatic heterocycles. The number of aliphatic hydroxyl groups excluding tert-OH is 1. The molecule has 4 N–H and O–H groups in total. The Morgan fingerprint density at radius 3 is 2.12 bits per heavy atom. The van der Waals surface area contributed by atoms with Crippen LogP contribution in [0.25, 0.3) is 0 Å². The summed E-state index contributed by atoms with van der Waals surface area (Å²) in [5.74, 6) is -0.440. The first kappa shape index (κ1) is 41.0. The summed E-state index contributed by atoms with van der Waals surface area (Å²) in [6.07, 6.45) is 5.40. The number of hydrogen-bond acceptors (Lipinski definition) is 8. The van der Waals surface area contributed by atoms with Crippen LogP contribution in [-0.4, -0.2) is 90.0 Å². The summed E-state index contributed by atoms with van der Waals surface area (Å²) in [7, 11) is -3.86. The van der Waals surface area contributed by atoms with Gasteiger partial charge in [0.2, 0.25) is 11.8 Å². The number of likely N-dealkylation sites (tertiary alicyclic amines) is 1. The number of nitrogens with one attached hydrogen (secondary N) is 3. The second kappa shape index (κ2) is 16.1. The van der Waals surface area contributed by atoms with Crippen molar-refractivity contribution < 1.29 is 27.9 Å². The molecule has 1 saturated carbocycles. The lowest BCUT2D eigenvalue weighted by molar-refractivity contribution is -0.133. The van der Waals surface area contributed by atoms with Crippen LogP contribution in [0.4, 0.5) is 0 Å². The van der Waals surface area contributed by atoms with Gasteiger partial charge in [-0.1, -0.05) is 70.4 Å². The highest BCUT2D eigenvalue weighted by Gasteiger charge is 2.46. The van der Waals surface area contributed by atoms with Gasteiger partial charge in [0.25, 0.3) is 5.91 Å². The lowest BCUT2D eigenvalue weighted by atomic mass is 9.72. The fraction of sp³-hybridized carbons (Fsp3) is 0.667. The number of carbonyl (C=O) groups is 3. The number of amides is 3. The number of sulfone groups is 1. The smallest absolute Gasteiger partial charge is 0.262 e. The van der Waals surface area contributed by atoms with Crippen LogP contribution in [0.5, 0.6) is 0 Å². The minimum Gasteiger partial charge on any atom is -0.390 e. The monoisotopic (exact) mass is 744 g/mol. The standard InChI is InChI=1S/C39H60N4O6S2/c1-37(2,3)32-20-19-31(50-32)35(46)41-33(39(7,8)51(9,48)49)36(47)40-28(21-25-15-11-10-12-16-25)30(44)24-43-23-27-18-14-13-17-26(27)22-29(43)34(45)42-38(4,5)6/h10-12,15-16,19-20,26-30,33,44H,13-14,17-18,21-24H2,1-9H3,(H,40,47)(H,41,46)(H,42,45). The van der Waals surface area contributed by atoms with E-state index in [1.165, 1.54) is 25.2 Å². The minimum absolute atomic E-state index is 0.0664. The number of hydrogen-bond donors (Lipinski definition) is 4. The Morgan fingerprint density at radius 1 is 0.922 bits per heavy atom. The molecule has 4 rings (SSSR count). The largest absolute Gasteiger partial charge is 0.390 e. The number of piperidine rings is 1. The highest BCUT2D eigenvalue weighted by molar-refractivity contribution is 7.92. The predicted molar refractivity (Wildman–Crippen MR) is 205 cm³/mol. The van der Waals surface area contributed by atoms with Gasteiger partial charge in [-0.2, -0.15) is 0 Å². The van der Waals surface area contributed by atoms with Crippen molar-refractivity contribution in [2.45, 2.75) is 134 Å². The van der Waals surface area contributed by atoms with Gasteiger partial charge in [-0.15, -0.1) is 11.3 Å². The second-order valence-corrected chi connectivity index (χ2v) is 21.0. The fourth-order valence-electron chi connectivity index (χ4n) is 7.25. The third kappa shape index (κ3) is 10.6. The van der Waals surface area contributed by atoms with Crippen molar-refractivity contribution in [3.05, 3.63) is 57.8 Å².